The Morgan fingerprint density at radius 1 is 1.15 bits per heavy atom. The summed E-state index contributed by atoms with van der Waals surface area (Å²) in [5, 5.41) is 0.758. The molecule has 0 aromatic heterocycles. The Labute approximate surface area is 132 Å². The van der Waals surface area contributed by atoms with E-state index in [-0.39, 0.29) is 0 Å². The highest BCUT2D eigenvalue weighted by Gasteiger charge is 2.18. The highest BCUT2D eigenvalue weighted by Crippen LogP contribution is 2.26. The van der Waals surface area contributed by atoms with E-state index in [1.54, 1.807) is 0 Å². The van der Waals surface area contributed by atoms with Gasteiger partial charge in [0.1, 0.15) is 0 Å². The van der Waals surface area contributed by atoms with E-state index < -0.39 is 0 Å². The molecule has 1 aromatic carbocycles. The van der Waals surface area contributed by atoms with Crippen LogP contribution in [-0.2, 0) is 5.88 Å². The van der Waals surface area contributed by atoms with Crippen LogP contribution in [0.1, 0.15) is 5.56 Å². The molecule has 1 aliphatic rings. The minimum absolute atomic E-state index is 0.511. The van der Waals surface area contributed by atoms with E-state index in [1.807, 2.05) is 12.1 Å². The van der Waals surface area contributed by atoms with E-state index in [9.17, 15) is 0 Å². The smallest absolute Gasteiger partial charge is 0.0495 e. The first-order valence-corrected chi connectivity index (χ1v) is 7.98. The van der Waals surface area contributed by atoms with E-state index in [0.717, 1.165) is 49.9 Å². The first-order valence-electron chi connectivity index (χ1n) is 7.06. The summed E-state index contributed by atoms with van der Waals surface area (Å²) in [5.41, 5.74) is 2.36. The van der Waals surface area contributed by atoms with Gasteiger partial charge in [0.05, 0.1) is 0 Å². The van der Waals surface area contributed by atoms with Gasteiger partial charge >= 0.3 is 0 Å². The molecule has 1 saturated heterocycles. The lowest BCUT2D eigenvalue weighted by Crippen LogP contribution is -2.48. The van der Waals surface area contributed by atoms with E-state index in [0.29, 0.717) is 5.88 Å². The highest BCUT2D eigenvalue weighted by atomic mass is 35.5. The second-order valence-corrected chi connectivity index (χ2v) is 6.24. The molecule has 1 fully saturated rings. The van der Waals surface area contributed by atoms with E-state index in [1.165, 1.54) is 5.69 Å². The number of hydrogen-bond donors (Lipinski definition) is 0. The predicted molar refractivity (Wildman–Crippen MR) is 88.2 cm³/mol. The molecule has 112 valence electrons. The number of rotatable bonds is 5. The molecule has 3 nitrogen and oxygen atoms in total. The molecule has 0 bridgehead atoms. The Morgan fingerprint density at radius 2 is 1.85 bits per heavy atom. The standard InChI is InChI=1S/C15H23Cl2N3/c1-18(2)5-6-19-7-9-20(10-8-19)15-4-3-14(17)11-13(15)12-16/h3-4,11H,5-10,12H2,1-2H3. The molecule has 0 saturated carbocycles. The summed E-state index contributed by atoms with van der Waals surface area (Å²) >= 11 is 12.1. The summed E-state index contributed by atoms with van der Waals surface area (Å²) in [6.45, 7) is 6.59. The maximum Gasteiger partial charge on any atom is 0.0495 e. The summed E-state index contributed by atoms with van der Waals surface area (Å²) in [4.78, 5) is 7.17. The van der Waals surface area contributed by atoms with Gasteiger partial charge in [0.2, 0.25) is 0 Å². The Bertz CT molecular complexity index is 429. The van der Waals surface area contributed by atoms with E-state index in [2.05, 4.69) is 34.9 Å². The topological polar surface area (TPSA) is 9.72 Å². The molecule has 1 aromatic rings. The second-order valence-electron chi connectivity index (χ2n) is 5.54. The van der Waals surface area contributed by atoms with Crippen LogP contribution in [-0.4, -0.2) is 63.2 Å². The fraction of sp³-hybridized carbons (Fsp3) is 0.600. The van der Waals surface area contributed by atoms with Gasteiger partial charge < -0.3 is 9.80 Å². The van der Waals surface area contributed by atoms with Crippen molar-refractivity contribution in [3.63, 3.8) is 0 Å². The molecule has 0 unspecified atom stereocenters. The van der Waals surface area contributed by atoms with Gasteiger partial charge in [-0.15, -0.1) is 11.6 Å². The summed E-state index contributed by atoms with van der Waals surface area (Å²) < 4.78 is 0. The monoisotopic (exact) mass is 315 g/mol. The van der Waals surface area contributed by atoms with Crippen LogP contribution in [0.2, 0.25) is 5.02 Å². The van der Waals surface area contributed by atoms with Crippen LogP contribution >= 0.6 is 23.2 Å². The Balaban J connectivity index is 1.93. The third-order valence-electron chi connectivity index (χ3n) is 3.76. The molecule has 0 N–H and O–H groups in total. The molecule has 5 heteroatoms. The van der Waals surface area contributed by atoms with Crippen molar-refractivity contribution < 1.29 is 0 Å². The normalized spacial score (nSPS) is 16.9. The molecule has 2 rings (SSSR count). The van der Waals surface area contributed by atoms with Crippen molar-refractivity contribution in [3.8, 4) is 0 Å². The zero-order valence-corrected chi connectivity index (χ0v) is 13.8. The highest BCUT2D eigenvalue weighted by molar-refractivity contribution is 6.30. The van der Waals surface area contributed by atoms with Gasteiger partial charge in [-0.3, -0.25) is 4.90 Å². The van der Waals surface area contributed by atoms with Crippen molar-refractivity contribution in [1.29, 1.82) is 0 Å². The third kappa shape index (κ3) is 4.26. The maximum atomic E-state index is 6.04. The number of benzene rings is 1. The first kappa shape index (κ1) is 15.9. The second kappa shape index (κ2) is 7.51. The SMILES string of the molecule is CN(C)CCN1CCN(c2ccc(Cl)cc2CCl)CC1. The van der Waals surface area contributed by atoms with Crippen LogP contribution in [0.5, 0.6) is 0 Å². The summed E-state index contributed by atoms with van der Waals surface area (Å²) in [7, 11) is 4.24. The Morgan fingerprint density at radius 3 is 2.45 bits per heavy atom. The van der Waals surface area contributed by atoms with Crippen molar-refractivity contribution in [3.05, 3.63) is 28.8 Å². The quantitative estimate of drug-likeness (QED) is 0.774. The molecular weight excluding hydrogens is 293 g/mol. The minimum atomic E-state index is 0.511. The number of likely N-dealkylation sites (N-methyl/N-ethyl adjacent to an activating group) is 1. The van der Waals surface area contributed by atoms with E-state index in [4.69, 9.17) is 23.2 Å². The largest absolute Gasteiger partial charge is 0.369 e. The van der Waals surface area contributed by atoms with Crippen molar-refractivity contribution in [2.24, 2.45) is 0 Å². The van der Waals surface area contributed by atoms with Gasteiger partial charge in [0, 0.05) is 55.9 Å². The van der Waals surface area contributed by atoms with E-state index >= 15 is 0 Å². The third-order valence-corrected chi connectivity index (χ3v) is 4.28. The van der Waals surface area contributed by atoms with Crippen LogP contribution in [0.15, 0.2) is 18.2 Å². The lowest BCUT2D eigenvalue weighted by atomic mass is 10.1. The van der Waals surface area contributed by atoms with Gasteiger partial charge in [-0.2, -0.15) is 0 Å². The number of hydrogen-bond acceptors (Lipinski definition) is 3. The molecule has 0 amide bonds. The van der Waals surface area contributed by atoms with Crippen molar-refractivity contribution >= 4 is 28.9 Å². The fourth-order valence-electron chi connectivity index (χ4n) is 2.52. The Hall–Kier alpha value is -0.480. The Kier molecular flexibility index (Phi) is 5.97. The molecule has 1 aliphatic heterocycles. The number of nitrogens with zero attached hydrogens (tertiary/aromatic N) is 3. The van der Waals surface area contributed by atoms with Crippen molar-refractivity contribution in [2.75, 3.05) is 58.3 Å². The molecule has 0 radical (unpaired) electrons. The fourth-order valence-corrected chi connectivity index (χ4v) is 2.93. The average molecular weight is 316 g/mol. The number of anilines is 1. The van der Waals surface area contributed by atoms with Gasteiger partial charge in [0.25, 0.3) is 0 Å². The van der Waals surface area contributed by atoms with Gasteiger partial charge in [-0.1, -0.05) is 11.6 Å². The van der Waals surface area contributed by atoms with Crippen molar-refractivity contribution in [2.45, 2.75) is 5.88 Å². The van der Waals surface area contributed by atoms with Crippen molar-refractivity contribution in [1.82, 2.24) is 9.80 Å². The average Bonchev–Trinajstić information content (AvgIpc) is 2.45. The molecule has 0 spiro atoms. The molecule has 20 heavy (non-hydrogen) atoms. The minimum Gasteiger partial charge on any atom is -0.369 e. The first-order chi connectivity index (χ1) is 9.60. The summed E-state index contributed by atoms with van der Waals surface area (Å²) in [5.74, 6) is 0.511. The predicted octanol–water partition coefficient (Wildman–Crippen LogP) is 2.76. The number of piperazine rings is 1. The lowest BCUT2D eigenvalue weighted by Gasteiger charge is -2.37. The lowest BCUT2D eigenvalue weighted by molar-refractivity contribution is 0.229. The van der Waals surface area contributed by atoms with Gasteiger partial charge in [-0.25, -0.2) is 0 Å². The molecule has 0 aliphatic carbocycles. The summed E-state index contributed by atoms with van der Waals surface area (Å²) in [6.07, 6.45) is 0. The van der Waals surface area contributed by atoms with Crippen LogP contribution in [0, 0.1) is 0 Å². The number of halogens is 2. The zero-order valence-electron chi connectivity index (χ0n) is 12.3. The molecule has 0 atom stereocenters. The van der Waals surface area contributed by atoms with Crippen LogP contribution in [0.25, 0.3) is 0 Å². The van der Waals surface area contributed by atoms with Crippen LogP contribution in [0.4, 0.5) is 5.69 Å². The number of alkyl halides is 1. The summed E-state index contributed by atoms with van der Waals surface area (Å²) in [6, 6.07) is 6.02. The van der Waals surface area contributed by atoms with Gasteiger partial charge in [0.15, 0.2) is 0 Å². The maximum absolute atomic E-state index is 6.04. The van der Waals surface area contributed by atoms with Crippen LogP contribution in [0.3, 0.4) is 0 Å². The zero-order chi connectivity index (χ0) is 14.5. The molecule has 1 heterocycles. The van der Waals surface area contributed by atoms with Crippen LogP contribution < -0.4 is 4.90 Å². The van der Waals surface area contributed by atoms with Gasteiger partial charge in [-0.05, 0) is 37.9 Å². The molecular formula is C15H23Cl2N3.